The standard InChI is InChI=1S/C17H23ClN2S/c1-12-10-13(2)16(15(18)11-12)20-17(21)19-9-8-14-6-4-3-5-7-14/h6,10-11H,3-5,7-9H2,1-2H3,(H2,19,20,21). The Morgan fingerprint density at radius 2 is 2.10 bits per heavy atom. The fourth-order valence-corrected chi connectivity index (χ4v) is 3.27. The number of anilines is 1. The number of hydrogen-bond donors (Lipinski definition) is 2. The minimum atomic E-state index is 0.639. The Labute approximate surface area is 138 Å². The molecule has 0 unspecified atom stereocenters. The number of hydrogen-bond acceptors (Lipinski definition) is 1. The van der Waals surface area contributed by atoms with E-state index < -0.39 is 0 Å². The Bertz CT molecular complexity index is 529. The summed E-state index contributed by atoms with van der Waals surface area (Å²) in [6.07, 6.45) is 8.58. The molecule has 0 spiro atoms. The minimum absolute atomic E-state index is 0.639. The molecule has 0 aliphatic heterocycles. The zero-order chi connectivity index (χ0) is 15.2. The number of nitrogens with one attached hydrogen (secondary N) is 2. The number of aryl methyl sites for hydroxylation is 2. The van der Waals surface area contributed by atoms with Gasteiger partial charge in [-0.2, -0.15) is 0 Å². The van der Waals surface area contributed by atoms with Crippen molar-refractivity contribution < 1.29 is 0 Å². The fourth-order valence-electron chi connectivity index (χ4n) is 2.70. The van der Waals surface area contributed by atoms with Gasteiger partial charge in [-0.05, 0) is 75.4 Å². The lowest BCUT2D eigenvalue weighted by Crippen LogP contribution is -2.30. The van der Waals surface area contributed by atoms with Crippen LogP contribution in [0.2, 0.25) is 5.02 Å². The van der Waals surface area contributed by atoms with Crippen LogP contribution in [0.5, 0.6) is 0 Å². The van der Waals surface area contributed by atoms with Crippen molar-refractivity contribution >= 4 is 34.6 Å². The number of benzene rings is 1. The highest BCUT2D eigenvalue weighted by Gasteiger charge is 2.08. The van der Waals surface area contributed by atoms with Crippen LogP contribution in [0.15, 0.2) is 23.8 Å². The van der Waals surface area contributed by atoms with E-state index in [9.17, 15) is 0 Å². The first-order chi connectivity index (χ1) is 10.1. The molecule has 2 rings (SSSR count). The van der Waals surface area contributed by atoms with Gasteiger partial charge in [0, 0.05) is 6.54 Å². The third-order valence-electron chi connectivity index (χ3n) is 3.79. The van der Waals surface area contributed by atoms with Crippen LogP contribution < -0.4 is 10.6 Å². The maximum Gasteiger partial charge on any atom is 0.170 e. The van der Waals surface area contributed by atoms with Crippen LogP contribution >= 0.6 is 23.8 Å². The second kappa shape index (κ2) is 7.81. The molecule has 2 N–H and O–H groups in total. The summed E-state index contributed by atoms with van der Waals surface area (Å²) in [5.74, 6) is 0. The topological polar surface area (TPSA) is 24.1 Å². The van der Waals surface area contributed by atoms with Gasteiger partial charge in [-0.15, -0.1) is 0 Å². The molecule has 0 heterocycles. The second-order valence-corrected chi connectivity index (χ2v) is 6.49. The third-order valence-corrected chi connectivity index (χ3v) is 4.33. The summed E-state index contributed by atoms with van der Waals surface area (Å²) in [6.45, 7) is 4.95. The molecule has 0 atom stereocenters. The molecular formula is C17H23ClN2S. The highest BCUT2D eigenvalue weighted by atomic mass is 35.5. The highest BCUT2D eigenvalue weighted by Crippen LogP contribution is 2.27. The zero-order valence-corrected chi connectivity index (χ0v) is 14.3. The molecule has 0 radical (unpaired) electrons. The van der Waals surface area contributed by atoms with E-state index in [1.165, 1.54) is 25.7 Å². The number of halogens is 1. The van der Waals surface area contributed by atoms with Crippen molar-refractivity contribution in [2.75, 3.05) is 11.9 Å². The van der Waals surface area contributed by atoms with Crippen LogP contribution in [-0.4, -0.2) is 11.7 Å². The van der Waals surface area contributed by atoms with Crippen LogP contribution in [0.4, 0.5) is 5.69 Å². The van der Waals surface area contributed by atoms with E-state index in [-0.39, 0.29) is 0 Å². The van der Waals surface area contributed by atoms with Crippen LogP contribution in [0.25, 0.3) is 0 Å². The largest absolute Gasteiger partial charge is 0.362 e. The van der Waals surface area contributed by atoms with Gasteiger partial charge in [-0.3, -0.25) is 0 Å². The molecule has 2 nitrogen and oxygen atoms in total. The molecule has 0 amide bonds. The van der Waals surface area contributed by atoms with Gasteiger partial charge < -0.3 is 10.6 Å². The van der Waals surface area contributed by atoms with E-state index in [0.29, 0.717) is 10.1 Å². The van der Waals surface area contributed by atoms with Crippen LogP contribution in [0.1, 0.15) is 43.2 Å². The SMILES string of the molecule is Cc1cc(C)c(NC(=S)NCCC2=CCCCC2)c(Cl)c1. The number of thiocarbonyl (C=S) groups is 1. The van der Waals surface area contributed by atoms with Crippen molar-refractivity contribution in [1.29, 1.82) is 0 Å². The van der Waals surface area contributed by atoms with Crippen molar-refractivity contribution in [3.05, 3.63) is 39.9 Å². The van der Waals surface area contributed by atoms with Crippen molar-refractivity contribution in [3.63, 3.8) is 0 Å². The lowest BCUT2D eigenvalue weighted by molar-refractivity contribution is 0.669. The molecule has 21 heavy (non-hydrogen) atoms. The van der Waals surface area contributed by atoms with Crippen LogP contribution in [-0.2, 0) is 0 Å². The van der Waals surface area contributed by atoms with E-state index in [1.54, 1.807) is 5.57 Å². The van der Waals surface area contributed by atoms with Gasteiger partial charge in [0.25, 0.3) is 0 Å². The molecule has 114 valence electrons. The molecule has 1 aliphatic carbocycles. The van der Waals surface area contributed by atoms with Gasteiger partial charge in [0.2, 0.25) is 0 Å². The smallest absolute Gasteiger partial charge is 0.170 e. The van der Waals surface area contributed by atoms with Crippen LogP contribution in [0, 0.1) is 13.8 Å². The van der Waals surface area contributed by atoms with E-state index in [2.05, 4.69) is 22.8 Å². The van der Waals surface area contributed by atoms with Gasteiger partial charge in [-0.1, -0.05) is 29.3 Å². The summed E-state index contributed by atoms with van der Waals surface area (Å²) in [5.41, 5.74) is 4.73. The fraction of sp³-hybridized carbons (Fsp3) is 0.471. The molecule has 1 aromatic rings. The Morgan fingerprint density at radius 3 is 2.76 bits per heavy atom. The first-order valence-electron chi connectivity index (χ1n) is 7.56. The number of rotatable bonds is 4. The normalized spacial score (nSPS) is 14.5. The van der Waals surface area contributed by atoms with Gasteiger partial charge in [0.15, 0.2) is 5.11 Å². The average molecular weight is 323 g/mol. The summed E-state index contributed by atoms with van der Waals surface area (Å²) in [7, 11) is 0. The van der Waals surface area contributed by atoms with Crippen molar-refractivity contribution in [3.8, 4) is 0 Å². The van der Waals surface area contributed by atoms with E-state index in [0.717, 1.165) is 29.8 Å². The Morgan fingerprint density at radius 1 is 1.29 bits per heavy atom. The van der Waals surface area contributed by atoms with Crippen molar-refractivity contribution in [2.24, 2.45) is 0 Å². The monoisotopic (exact) mass is 322 g/mol. The van der Waals surface area contributed by atoms with Gasteiger partial charge in [0.1, 0.15) is 0 Å². The molecule has 4 heteroatoms. The Kier molecular flexibility index (Phi) is 6.07. The van der Waals surface area contributed by atoms with Gasteiger partial charge in [0.05, 0.1) is 10.7 Å². The molecule has 0 saturated heterocycles. The Hall–Kier alpha value is -1.06. The second-order valence-electron chi connectivity index (χ2n) is 5.68. The first kappa shape index (κ1) is 16.3. The zero-order valence-electron chi connectivity index (χ0n) is 12.8. The summed E-state index contributed by atoms with van der Waals surface area (Å²) in [6, 6.07) is 4.05. The lowest BCUT2D eigenvalue weighted by Gasteiger charge is -2.16. The molecule has 1 aliphatic rings. The summed E-state index contributed by atoms with van der Waals surface area (Å²) < 4.78 is 0. The summed E-state index contributed by atoms with van der Waals surface area (Å²) in [4.78, 5) is 0. The van der Waals surface area contributed by atoms with Gasteiger partial charge >= 0.3 is 0 Å². The minimum Gasteiger partial charge on any atom is -0.362 e. The molecule has 0 bridgehead atoms. The summed E-state index contributed by atoms with van der Waals surface area (Å²) in [5, 5.41) is 7.83. The molecular weight excluding hydrogens is 300 g/mol. The highest BCUT2D eigenvalue weighted by molar-refractivity contribution is 7.80. The quantitative estimate of drug-likeness (QED) is 0.593. The number of allylic oxidation sites excluding steroid dienone is 1. The molecule has 0 fully saturated rings. The third kappa shape index (κ3) is 5.01. The van der Waals surface area contributed by atoms with Crippen molar-refractivity contribution in [2.45, 2.75) is 46.0 Å². The predicted molar refractivity (Wildman–Crippen MR) is 96.3 cm³/mol. The first-order valence-corrected chi connectivity index (χ1v) is 8.34. The maximum atomic E-state index is 6.28. The predicted octanol–water partition coefficient (Wildman–Crippen LogP) is 5.13. The molecule has 1 aromatic carbocycles. The van der Waals surface area contributed by atoms with Gasteiger partial charge in [-0.25, -0.2) is 0 Å². The Balaban J connectivity index is 1.83. The van der Waals surface area contributed by atoms with Crippen LogP contribution in [0.3, 0.4) is 0 Å². The van der Waals surface area contributed by atoms with E-state index in [4.69, 9.17) is 23.8 Å². The molecule has 0 aromatic heterocycles. The average Bonchev–Trinajstić information content (AvgIpc) is 2.44. The van der Waals surface area contributed by atoms with E-state index in [1.807, 2.05) is 19.9 Å². The summed E-state index contributed by atoms with van der Waals surface area (Å²) >= 11 is 11.6. The maximum absolute atomic E-state index is 6.28. The van der Waals surface area contributed by atoms with Crippen molar-refractivity contribution in [1.82, 2.24) is 5.32 Å². The van der Waals surface area contributed by atoms with E-state index >= 15 is 0 Å². The molecule has 0 saturated carbocycles. The lowest BCUT2D eigenvalue weighted by atomic mass is 9.97.